The van der Waals surface area contributed by atoms with Crippen LogP contribution in [0.4, 0.5) is 5.69 Å². The number of rotatable bonds is 4. The number of hydrogen-bond acceptors (Lipinski definition) is 4. The predicted octanol–water partition coefficient (Wildman–Crippen LogP) is 2.78. The van der Waals surface area contributed by atoms with Gasteiger partial charge in [-0.25, -0.2) is 4.98 Å². The molecule has 1 aromatic carbocycles. The Bertz CT molecular complexity index is 845. The van der Waals surface area contributed by atoms with Gasteiger partial charge in [-0.05, 0) is 24.3 Å². The summed E-state index contributed by atoms with van der Waals surface area (Å²) in [5.41, 5.74) is 3.02. The molecular formula is C16H16N4O2. The van der Waals surface area contributed by atoms with Gasteiger partial charge in [-0.15, -0.1) is 0 Å². The van der Waals surface area contributed by atoms with E-state index in [-0.39, 0.29) is 5.91 Å². The van der Waals surface area contributed by atoms with E-state index in [0.717, 1.165) is 23.1 Å². The molecule has 6 nitrogen and oxygen atoms in total. The van der Waals surface area contributed by atoms with Crippen molar-refractivity contribution in [1.82, 2.24) is 14.8 Å². The first-order valence-electron chi connectivity index (χ1n) is 7.01. The summed E-state index contributed by atoms with van der Waals surface area (Å²) in [4.78, 5) is 16.3. The topological polar surface area (TPSA) is 73.0 Å². The summed E-state index contributed by atoms with van der Waals surface area (Å²) in [5, 5.41) is 6.84. The maximum atomic E-state index is 11.9. The van der Waals surface area contributed by atoms with Crippen molar-refractivity contribution in [3.63, 3.8) is 0 Å². The minimum absolute atomic E-state index is 0.206. The van der Waals surface area contributed by atoms with Crippen LogP contribution in [0.5, 0.6) is 0 Å². The molecule has 0 saturated carbocycles. The van der Waals surface area contributed by atoms with Gasteiger partial charge in [0.05, 0.1) is 6.20 Å². The maximum absolute atomic E-state index is 11.9. The molecule has 1 N–H and O–H groups in total. The minimum Gasteiger partial charge on any atom is -0.441 e. The molecule has 22 heavy (non-hydrogen) atoms. The standard InChI is InChI=1S/C16H16N4O2/c1-3-16-19-13-8-12(5-6-14(13)22-16)18-15(21)7-4-11-9-17-20(2)10-11/h4-10H,3H2,1-2H3,(H,18,21)/b7-4+. The summed E-state index contributed by atoms with van der Waals surface area (Å²) in [5.74, 6) is 0.484. The molecule has 0 saturated heterocycles. The third kappa shape index (κ3) is 3.06. The normalized spacial score (nSPS) is 11.4. The summed E-state index contributed by atoms with van der Waals surface area (Å²) >= 11 is 0. The number of oxazole rings is 1. The van der Waals surface area contributed by atoms with Crippen LogP contribution in [0.15, 0.2) is 41.1 Å². The lowest BCUT2D eigenvalue weighted by atomic mass is 10.2. The van der Waals surface area contributed by atoms with Crippen molar-refractivity contribution in [2.24, 2.45) is 7.05 Å². The fourth-order valence-electron chi connectivity index (χ4n) is 2.09. The number of anilines is 1. The van der Waals surface area contributed by atoms with Crippen LogP contribution in [0.2, 0.25) is 0 Å². The molecule has 0 unspecified atom stereocenters. The van der Waals surface area contributed by atoms with Gasteiger partial charge >= 0.3 is 0 Å². The molecule has 3 rings (SSSR count). The Morgan fingerprint density at radius 1 is 1.45 bits per heavy atom. The molecule has 0 radical (unpaired) electrons. The number of amides is 1. The van der Waals surface area contributed by atoms with E-state index in [4.69, 9.17) is 4.42 Å². The van der Waals surface area contributed by atoms with Gasteiger partial charge in [0.2, 0.25) is 5.91 Å². The summed E-state index contributed by atoms with van der Waals surface area (Å²) in [6, 6.07) is 5.40. The van der Waals surface area contributed by atoms with Gasteiger partial charge in [0.1, 0.15) is 5.52 Å². The van der Waals surface area contributed by atoms with Crippen molar-refractivity contribution in [1.29, 1.82) is 0 Å². The zero-order valence-electron chi connectivity index (χ0n) is 12.4. The van der Waals surface area contributed by atoms with E-state index in [2.05, 4.69) is 15.4 Å². The average Bonchev–Trinajstić information content (AvgIpc) is 3.10. The van der Waals surface area contributed by atoms with Crippen LogP contribution >= 0.6 is 0 Å². The third-order valence-corrected chi connectivity index (χ3v) is 3.15. The molecule has 1 amide bonds. The highest BCUT2D eigenvalue weighted by Gasteiger charge is 2.06. The number of benzene rings is 1. The molecule has 2 aromatic heterocycles. The number of nitrogens with zero attached hydrogens (tertiary/aromatic N) is 3. The number of nitrogens with one attached hydrogen (secondary N) is 1. The van der Waals surface area contributed by atoms with Gasteiger partial charge in [0.25, 0.3) is 0 Å². The second-order valence-corrected chi connectivity index (χ2v) is 4.91. The Morgan fingerprint density at radius 2 is 2.32 bits per heavy atom. The molecule has 0 bridgehead atoms. The highest BCUT2D eigenvalue weighted by molar-refractivity contribution is 6.02. The lowest BCUT2D eigenvalue weighted by Gasteiger charge is -2.00. The molecular weight excluding hydrogens is 280 g/mol. The molecule has 112 valence electrons. The fourth-order valence-corrected chi connectivity index (χ4v) is 2.09. The Labute approximate surface area is 127 Å². The van der Waals surface area contributed by atoms with Crippen molar-refractivity contribution in [2.75, 3.05) is 5.32 Å². The van der Waals surface area contributed by atoms with Crippen LogP contribution in [0.25, 0.3) is 17.2 Å². The average molecular weight is 296 g/mol. The van der Waals surface area contributed by atoms with E-state index < -0.39 is 0 Å². The van der Waals surface area contributed by atoms with Gasteiger partial charge in [-0.3, -0.25) is 9.48 Å². The molecule has 0 fully saturated rings. The molecule has 2 heterocycles. The second kappa shape index (κ2) is 5.85. The van der Waals surface area contributed by atoms with Crippen LogP contribution < -0.4 is 5.32 Å². The van der Waals surface area contributed by atoms with E-state index in [0.29, 0.717) is 11.6 Å². The van der Waals surface area contributed by atoms with Crippen molar-refractivity contribution in [3.05, 3.63) is 48.1 Å². The van der Waals surface area contributed by atoms with Gasteiger partial charge in [-0.1, -0.05) is 6.92 Å². The highest BCUT2D eigenvalue weighted by atomic mass is 16.3. The number of carbonyl (C=O) groups excluding carboxylic acids is 1. The molecule has 0 atom stereocenters. The van der Waals surface area contributed by atoms with Gasteiger partial charge in [0.15, 0.2) is 11.5 Å². The number of aromatic nitrogens is 3. The first-order valence-corrected chi connectivity index (χ1v) is 7.01. The summed E-state index contributed by atoms with van der Waals surface area (Å²) in [6.45, 7) is 1.98. The molecule has 3 aromatic rings. The first-order chi connectivity index (χ1) is 10.6. The second-order valence-electron chi connectivity index (χ2n) is 4.91. The highest BCUT2D eigenvalue weighted by Crippen LogP contribution is 2.20. The third-order valence-electron chi connectivity index (χ3n) is 3.15. The predicted molar refractivity (Wildman–Crippen MR) is 84.3 cm³/mol. The van der Waals surface area contributed by atoms with E-state index >= 15 is 0 Å². The van der Waals surface area contributed by atoms with E-state index in [1.54, 1.807) is 29.1 Å². The maximum Gasteiger partial charge on any atom is 0.248 e. The zero-order valence-corrected chi connectivity index (χ0v) is 12.4. The minimum atomic E-state index is -0.206. The quantitative estimate of drug-likeness (QED) is 0.751. The van der Waals surface area contributed by atoms with Crippen LogP contribution in [-0.4, -0.2) is 20.7 Å². The Morgan fingerprint density at radius 3 is 3.05 bits per heavy atom. The number of fused-ring (bicyclic) bond motifs is 1. The van der Waals surface area contributed by atoms with Gasteiger partial charge < -0.3 is 9.73 Å². The van der Waals surface area contributed by atoms with Crippen LogP contribution in [0.1, 0.15) is 18.4 Å². The zero-order chi connectivity index (χ0) is 15.5. The monoisotopic (exact) mass is 296 g/mol. The van der Waals surface area contributed by atoms with Crippen LogP contribution in [-0.2, 0) is 18.3 Å². The van der Waals surface area contributed by atoms with Crippen molar-refractivity contribution in [2.45, 2.75) is 13.3 Å². The van der Waals surface area contributed by atoms with E-state index in [1.807, 2.05) is 26.2 Å². The van der Waals surface area contributed by atoms with Gasteiger partial charge in [0, 0.05) is 37.0 Å². The van der Waals surface area contributed by atoms with Crippen molar-refractivity contribution in [3.8, 4) is 0 Å². The lowest BCUT2D eigenvalue weighted by Crippen LogP contribution is -2.07. The number of aryl methyl sites for hydroxylation is 2. The van der Waals surface area contributed by atoms with E-state index in [1.165, 1.54) is 6.08 Å². The van der Waals surface area contributed by atoms with Crippen molar-refractivity contribution >= 4 is 28.8 Å². The van der Waals surface area contributed by atoms with Crippen molar-refractivity contribution < 1.29 is 9.21 Å². The van der Waals surface area contributed by atoms with E-state index in [9.17, 15) is 4.79 Å². The van der Waals surface area contributed by atoms with Gasteiger partial charge in [-0.2, -0.15) is 5.10 Å². The van der Waals surface area contributed by atoms with Crippen LogP contribution in [0.3, 0.4) is 0 Å². The molecule has 6 heteroatoms. The number of hydrogen-bond donors (Lipinski definition) is 1. The van der Waals surface area contributed by atoms with Crippen LogP contribution in [0, 0.1) is 0 Å². The SMILES string of the molecule is CCc1nc2cc(NC(=O)/C=C/c3cnn(C)c3)ccc2o1. The Balaban J connectivity index is 1.71. The smallest absolute Gasteiger partial charge is 0.248 e. The number of carbonyl (C=O) groups is 1. The largest absolute Gasteiger partial charge is 0.441 e. The molecule has 0 aliphatic rings. The molecule has 0 aliphatic carbocycles. The molecule has 0 aliphatic heterocycles. The summed E-state index contributed by atoms with van der Waals surface area (Å²) in [7, 11) is 1.83. The fraction of sp³-hybridized carbons (Fsp3) is 0.188. The molecule has 0 spiro atoms. The Kier molecular flexibility index (Phi) is 3.74. The summed E-state index contributed by atoms with van der Waals surface area (Å²) < 4.78 is 7.22. The summed E-state index contributed by atoms with van der Waals surface area (Å²) in [6.07, 6.45) is 7.45. The lowest BCUT2D eigenvalue weighted by molar-refractivity contribution is -0.111. The Hall–Kier alpha value is -2.89. The first kappa shape index (κ1) is 14.1.